The molecule has 0 radical (unpaired) electrons. The van der Waals surface area contributed by atoms with Crippen molar-refractivity contribution in [3.63, 3.8) is 0 Å². The van der Waals surface area contributed by atoms with E-state index in [1.54, 1.807) is 12.1 Å². The number of nitrogens with zero attached hydrogens (tertiary/aromatic N) is 1. The Kier molecular flexibility index (Phi) is 4.40. The first-order valence-electron chi connectivity index (χ1n) is 6.90. The second-order valence-corrected chi connectivity index (χ2v) is 5.24. The maximum atomic E-state index is 12.3. The summed E-state index contributed by atoms with van der Waals surface area (Å²) in [6.45, 7) is 3.63. The first kappa shape index (κ1) is 15.9. The lowest BCUT2D eigenvalue weighted by atomic mass is 10.1. The number of hydrogen-bond donors (Lipinski definition) is 1. The Hall–Kier alpha value is -2.50. The Morgan fingerprint density at radius 2 is 1.82 bits per heavy atom. The number of likely N-dealkylation sites (tertiary alicyclic amines) is 1. The molecule has 0 aromatic heterocycles. The number of Topliss-reactive ketones (excluding diaryl/α,β-unsaturated/α-hetero) is 1. The molecule has 6 nitrogen and oxygen atoms in total. The van der Waals surface area contributed by atoms with E-state index in [1.165, 1.54) is 25.2 Å². The van der Waals surface area contributed by atoms with Crippen LogP contribution in [-0.2, 0) is 9.59 Å². The zero-order chi connectivity index (χ0) is 16.4. The normalized spacial score (nSPS) is 17.2. The largest absolute Gasteiger partial charge is 0.506 e. The summed E-state index contributed by atoms with van der Waals surface area (Å²) in [5, 5.41) is 10.4. The third kappa shape index (κ3) is 2.64. The molecule has 1 aromatic carbocycles. The van der Waals surface area contributed by atoms with Gasteiger partial charge in [0.25, 0.3) is 5.91 Å². The van der Waals surface area contributed by atoms with Crippen LogP contribution in [-0.4, -0.2) is 48.5 Å². The van der Waals surface area contributed by atoms with Crippen LogP contribution in [0.25, 0.3) is 5.76 Å². The zero-order valence-corrected chi connectivity index (χ0v) is 13.0. The SMILES string of the molecule is COc1ccc(/C(O)=C2/C(=O)CN(C(C)C)C2=O)cc1OC. The van der Waals surface area contributed by atoms with E-state index in [0.29, 0.717) is 17.1 Å². The Labute approximate surface area is 128 Å². The van der Waals surface area contributed by atoms with E-state index in [9.17, 15) is 14.7 Å². The van der Waals surface area contributed by atoms with Gasteiger partial charge in [0.1, 0.15) is 11.3 Å². The highest BCUT2D eigenvalue weighted by Gasteiger charge is 2.38. The van der Waals surface area contributed by atoms with Gasteiger partial charge in [-0.15, -0.1) is 0 Å². The highest BCUT2D eigenvalue weighted by Crippen LogP contribution is 2.32. The van der Waals surface area contributed by atoms with E-state index >= 15 is 0 Å². The summed E-state index contributed by atoms with van der Waals surface area (Å²) in [4.78, 5) is 25.8. The quantitative estimate of drug-likeness (QED) is 0.521. The fourth-order valence-corrected chi connectivity index (χ4v) is 2.35. The topological polar surface area (TPSA) is 76.1 Å². The summed E-state index contributed by atoms with van der Waals surface area (Å²) in [6, 6.07) is 4.60. The van der Waals surface area contributed by atoms with Crippen LogP contribution in [0.3, 0.4) is 0 Å². The highest BCUT2D eigenvalue weighted by molar-refractivity contribution is 6.28. The lowest BCUT2D eigenvalue weighted by Gasteiger charge is -2.18. The van der Waals surface area contributed by atoms with Crippen LogP contribution in [0.5, 0.6) is 11.5 Å². The molecule has 1 aromatic rings. The number of hydrogen-bond acceptors (Lipinski definition) is 5. The van der Waals surface area contributed by atoms with Gasteiger partial charge in [-0.2, -0.15) is 0 Å². The highest BCUT2D eigenvalue weighted by atomic mass is 16.5. The van der Waals surface area contributed by atoms with Gasteiger partial charge in [0.05, 0.1) is 20.8 Å². The van der Waals surface area contributed by atoms with Crippen molar-refractivity contribution in [3.8, 4) is 11.5 Å². The summed E-state index contributed by atoms with van der Waals surface area (Å²) in [7, 11) is 2.97. The number of ketones is 1. The van der Waals surface area contributed by atoms with E-state index in [2.05, 4.69) is 0 Å². The van der Waals surface area contributed by atoms with Crippen molar-refractivity contribution in [3.05, 3.63) is 29.3 Å². The van der Waals surface area contributed by atoms with Crippen molar-refractivity contribution < 1.29 is 24.2 Å². The van der Waals surface area contributed by atoms with E-state index < -0.39 is 5.91 Å². The monoisotopic (exact) mass is 305 g/mol. The van der Waals surface area contributed by atoms with Gasteiger partial charge in [-0.05, 0) is 32.0 Å². The van der Waals surface area contributed by atoms with Crippen LogP contribution >= 0.6 is 0 Å². The van der Waals surface area contributed by atoms with E-state index in [1.807, 2.05) is 13.8 Å². The first-order chi connectivity index (χ1) is 10.4. The third-order valence-electron chi connectivity index (χ3n) is 3.58. The van der Waals surface area contributed by atoms with Gasteiger partial charge in [0.2, 0.25) is 0 Å². The molecule has 118 valence electrons. The Bertz CT molecular complexity index is 648. The molecule has 1 aliphatic heterocycles. The number of methoxy groups -OCH3 is 2. The van der Waals surface area contributed by atoms with Gasteiger partial charge in [0.15, 0.2) is 17.3 Å². The minimum atomic E-state index is -0.452. The van der Waals surface area contributed by atoms with E-state index in [-0.39, 0.29) is 29.7 Å². The number of amides is 1. The van der Waals surface area contributed by atoms with Gasteiger partial charge in [-0.25, -0.2) is 0 Å². The molecule has 0 saturated carbocycles. The van der Waals surface area contributed by atoms with E-state index in [4.69, 9.17) is 9.47 Å². The van der Waals surface area contributed by atoms with Crippen molar-refractivity contribution in [1.29, 1.82) is 0 Å². The molecule has 22 heavy (non-hydrogen) atoms. The second-order valence-electron chi connectivity index (χ2n) is 5.24. The molecule has 0 atom stereocenters. The van der Waals surface area contributed by atoms with Crippen molar-refractivity contribution in [2.24, 2.45) is 0 Å². The molecule has 0 bridgehead atoms. The maximum absolute atomic E-state index is 12.3. The molecule has 0 unspecified atom stereocenters. The number of carbonyl (C=O) groups is 2. The van der Waals surface area contributed by atoms with Crippen molar-refractivity contribution >= 4 is 17.4 Å². The van der Waals surface area contributed by atoms with Gasteiger partial charge in [-0.1, -0.05) is 0 Å². The van der Waals surface area contributed by atoms with Crippen molar-refractivity contribution in [2.75, 3.05) is 20.8 Å². The zero-order valence-electron chi connectivity index (χ0n) is 13.0. The van der Waals surface area contributed by atoms with Gasteiger partial charge in [0, 0.05) is 11.6 Å². The minimum absolute atomic E-state index is 0.0107. The van der Waals surface area contributed by atoms with Crippen LogP contribution in [0.1, 0.15) is 19.4 Å². The van der Waals surface area contributed by atoms with Crippen LogP contribution in [0.2, 0.25) is 0 Å². The second kappa shape index (κ2) is 6.09. The summed E-state index contributed by atoms with van der Waals surface area (Å²) in [6.07, 6.45) is 0. The molecule has 0 spiro atoms. The molecular formula is C16H19NO5. The molecule has 1 heterocycles. The molecular weight excluding hydrogens is 286 g/mol. The van der Waals surface area contributed by atoms with Gasteiger partial charge < -0.3 is 19.5 Å². The van der Waals surface area contributed by atoms with E-state index in [0.717, 1.165) is 0 Å². The average molecular weight is 305 g/mol. The third-order valence-corrected chi connectivity index (χ3v) is 3.58. The summed E-state index contributed by atoms with van der Waals surface area (Å²) in [5.74, 6) is -0.264. The smallest absolute Gasteiger partial charge is 0.262 e. The van der Waals surface area contributed by atoms with Gasteiger partial charge in [-0.3, -0.25) is 9.59 Å². The fourth-order valence-electron chi connectivity index (χ4n) is 2.35. The number of aliphatic hydroxyl groups is 1. The lowest BCUT2D eigenvalue weighted by Crippen LogP contribution is -2.32. The van der Waals surface area contributed by atoms with Crippen molar-refractivity contribution in [1.82, 2.24) is 4.90 Å². The number of rotatable bonds is 4. The number of carbonyl (C=O) groups excluding carboxylic acids is 2. The average Bonchev–Trinajstić information content (AvgIpc) is 2.80. The summed E-state index contributed by atoms with van der Waals surface area (Å²) < 4.78 is 10.3. The predicted octanol–water partition coefficient (Wildman–Crippen LogP) is 1.79. The molecule has 1 amide bonds. The number of ether oxygens (including phenoxy) is 2. The summed E-state index contributed by atoms with van der Waals surface area (Å²) in [5.41, 5.74) is 0.154. The molecule has 0 aliphatic carbocycles. The number of aliphatic hydroxyl groups excluding tert-OH is 1. The van der Waals surface area contributed by atoms with Crippen LogP contribution < -0.4 is 9.47 Å². The Balaban J connectivity index is 2.48. The Morgan fingerprint density at radius 1 is 1.18 bits per heavy atom. The maximum Gasteiger partial charge on any atom is 0.262 e. The molecule has 1 fully saturated rings. The van der Waals surface area contributed by atoms with Crippen LogP contribution in [0.15, 0.2) is 23.8 Å². The summed E-state index contributed by atoms with van der Waals surface area (Å²) >= 11 is 0. The predicted molar refractivity (Wildman–Crippen MR) is 81.0 cm³/mol. The molecule has 2 rings (SSSR count). The lowest BCUT2D eigenvalue weighted by molar-refractivity contribution is -0.126. The van der Waals surface area contributed by atoms with Crippen LogP contribution in [0, 0.1) is 0 Å². The minimum Gasteiger partial charge on any atom is -0.506 e. The number of benzene rings is 1. The standard InChI is InChI=1S/C16H19NO5/c1-9(2)17-8-11(18)14(16(17)20)15(19)10-5-6-12(21-3)13(7-10)22-4/h5-7,9,19H,8H2,1-4H3/b15-14+. The molecule has 1 saturated heterocycles. The fraction of sp³-hybridized carbons (Fsp3) is 0.375. The first-order valence-corrected chi connectivity index (χ1v) is 6.90. The van der Waals surface area contributed by atoms with Crippen LogP contribution in [0.4, 0.5) is 0 Å². The molecule has 1 aliphatic rings. The Morgan fingerprint density at radius 3 is 2.32 bits per heavy atom. The van der Waals surface area contributed by atoms with Crippen molar-refractivity contribution in [2.45, 2.75) is 19.9 Å². The van der Waals surface area contributed by atoms with Gasteiger partial charge >= 0.3 is 0 Å². The molecule has 1 N–H and O–H groups in total. The molecule has 6 heteroatoms.